The second kappa shape index (κ2) is 9.65. The number of carbonyl (C=O) groups is 3. The van der Waals surface area contributed by atoms with Gasteiger partial charge in [0.05, 0.1) is 5.92 Å². The van der Waals surface area contributed by atoms with Gasteiger partial charge in [0.2, 0.25) is 17.7 Å². The molecule has 174 valence electrons. The number of hydrogen-bond acceptors (Lipinski definition) is 4. The van der Waals surface area contributed by atoms with E-state index in [1.807, 2.05) is 30.9 Å². The molecule has 0 bridgehead atoms. The molecule has 1 atom stereocenters. The van der Waals surface area contributed by atoms with Crippen LogP contribution in [0.15, 0.2) is 48.5 Å². The van der Waals surface area contributed by atoms with Gasteiger partial charge in [-0.3, -0.25) is 14.4 Å². The Bertz CT molecular complexity index is 1040. The van der Waals surface area contributed by atoms with Crippen molar-refractivity contribution < 1.29 is 14.4 Å². The van der Waals surface area contributed by atoms with Crippen LogP contribution in [-0.2, 0) is 14.4 Å². The van der Waals surface area contributed by atoms with E-state index in [1.54, 1.807) is 17.0 Å². The number of hydrogen-bond donors (Lipinski definition) is 1. The molecule has 0 spiro atoms. The van der Waals surface area contributed by atoms with Gasteiger partial charge < -0.3 is 20.0 Å². The van der Waals surface area contributed by atoms with Crippen molar-refractivity contribution in [2.75, 3.05) is 47.8 Å². The molecule has 2 saturated heterocycles. The Balaban J connectivity index is 1.36. The Morgan fingerprint density at radius 1 is 0.970 bits per heavy atom. The lowest BCUT2D eigenvalue weighted by Gasteiger charge is -2.37. The molecule has 0 radical (unpaired) electrons. The lowest BCUT2D eigenvalue weighted by atomic mass is 10.1. The molecule has 0 aromatic heterocycles. The Morgan fingerprint density at radius 2 is 1.67 bits per heavy atom. The van der Waals surface area contributed by atoms with Crippen LogP contribution in [-0.4, -0.2) is 55.3 Å². The molecule has 2 aliphatic heterocycles. The fraction of sp³-hybridized carbons (Fsp3) is 0.423. The number of anilines is 3. The molecule has 0 saturated carbocycles. The molecule has 4 rings (SSSR count). The standard InChI is InChI=1S/C26H32N4O3/c1-18(2)25(32)27-21-7-5-9-23(16-21)30-17-20(15-24(30)31)26(33)29-12-10-28(11-13-29)22-8-4-6-19(3)14-22/h4-9,14,16,18,20H,10-13,15,17H2,1-3H3,(H,27,32)/t20-/m1/s1. The van der Waals surface area contributed by atoms with Gasteiger partial charge in [0.15, 0.2) is 0 Å². The van der Waals surface area contributed by atoms with Gasteiger partial charge >= 0.3 is 0 Å². The summed E-state index contributed by atoms with van der Waals surface area (Å²) in [5, 5.41) is 2.87. The van der Waals surface area contributed by atoms with Crippen LogP contribution in [0, 0.1) is 18.8 Å². The summed E-state index contributed by atoms with van der Waals surface area (Å²) in [6.07, 6.45) is 0.222. The number of aryl methyl sites for hydroxylation is 1. The average molecular weight is 449 g/mol. The van der Waals surface area contributed by atoms with Crippen molar-refractivity contribution >= 4 is 34.8 Å². The molecule has 1 N–H and O–H groups in total. The summed E-state index contributed by atoms with van der Waals surface area (Å²) in [6.45, 7) is 9.02. The van der Waals surface area contributed by atoms with Gasteiger partial charge in [-0.25, -0.2) is 0 Å². The zero-order valence-corrected chi connectivity index (χ0v) is 19.6. The fourth-order valence-corrected chi connectivity index (χ4v) is 4.43. The highest BCUT2D eigenvalue weighted by Crippen LogP contribution is 2.29. The van der Waals surface area contributed by atoms with Crippen LogP contribution in [0.4, 0.5) is 17.1 Å². The molecule has 2 aromatic carbocycles. The number of nitrogens with one attached hydrogen (secondary N) is 1. The summed E-state index contributed by atoms with van der Waals surface area (Å²) in [5.74, 6) is -0.539. The van der Waals surface area contributed by atoms with E-state index in [1.165, 1.54) is 11.3 Å². The molecule has 7 nitrogen and oxygen atoms in total. The maximum Gasteiger partial charge on any atom is 0.228 e. The fourth-order valence-electron chi connectivity index (χ4n) is 4.43. The number of nitrogens with zero attached hydrogens (tertiary/aromatic N) is 3. The maximum absolute atomic E-state index is 13.2. The molecule has 33 heavy (non-hydrogen) atoms. The summed E-state index contributed by atoms with van der Waals surface area (Å²) in [7, 11) is 0. The highest BCUT2D eigenvalue weighted by molar-refractivity contribution is 6.01. The van der Waals surface area contributed by atoms with Crippen LogP contribution in [0.5, 0.6) is 0 Å². The van der Waals surface area contributed by atoms with Crippen LogP contribution in [0.2, 0.25) is 0 Å². The predicted molar refractivity (Wildman–Crippen MR) is 130 cm³/mol. The van der Waals surface area contributed by atoms with Crippen molar-refractivity contribution in [2.45, 2.75) is 27.2 Å². The van der Waals surface area contributed by atoms with E-state index >= 15 is 0 Å². The average Bonchev–Trinajstić information content (AvgIpc) is 3.20. The van der Waals surface area contributed by atoms with E-state index in [9.17, 15) is 14.4 Å². The van der Waals surface area contributed by atoms with Crippen LogP contribution in [0.25, 0.3) is 0 Å². The third-order valence-electron chi connectivity index (χ3n) is 6.38. The van der Waals surface area contributed by atoms with Gasteiger partial charge in [0.1, 0.15) is 0 Å². The predicted octanol–water partition coefficient (Wildman–Crippen LogP) is 3.29. The Labute approximate surface area is 195 Å². The van der Waals surface area contributed by atoms with Gasteiger partial charge in [0.25, 0.3) is 0 Å². The summed E-state index contributed by atoms with van der Waals surface area (Å²) in [5.41, 5.74) is 3.78. The van der Waals surface area contributed by atoms with E-state index < -0.39 is 0 Å². The number of piperazine rings is 1. The monoisotopic (exact) mass is 448 g/mol. The van der Waals surface area contributed by atoms with Crippen molar-refractivity contribution in [1.29, 1.82) is 0 Å². The Kier molecular flexibility index (Phi) is 6.67. The van der Waals surface area contributed by atoms with Crippen molar-refractivity contribution in [3.05, 3.63) is 54.1 Å². The quantitative estimate of drug-likeness (QED) is 0.762. The molecule has 7 heteroatoms. The Morgan fingerprint density at radius 3 is 2.36 bits per heavy atom. The molecule has 3 amide bonds. The van der Waals surface area contributed by atoms with Gasteiger partial charge in [-0.05, 0) is 42.8 Å². The summed E-state index contributed by atoms with van der Waals surface area (Å²) < 4.78 is 0. The first-order valence-corrected chi connectivity index (χ1v) is 11.6. The molecule has 2 heterocycles. The second-order valence-electron chi connectivity index (χ2n) is 9.25. The largest absolute Gasteiger partial charge is 0.368 e. The molecule has 2 aromatic rings. The molecule has 0 aliphatic carbocycles. The molecular weight excluding hydrogens is 416 g/mol. The Hall–Kier alpha value is -3.35. The molecule has 2 aliphatic rings. The number of benzene rings is 2. The van der Waals surface area contributed by atoms with Crippen molar-refractivity contribution in [3.63, 3.8) is 0 Å². The normalized spacial score (nSPS) is 18.7. The first-order valence-electron chi connectivity index (χ1n) is 11.6. The van der Waals surface area contributed by atoms with E-state index in [4.69, 9.17) is 0 Å². The van der Waals surface area contributed by atoms with Crippen LogP contribution in [0.1, 0.15) is 25.8 Å². The number of carbonyl (C=O) groups excluding carboxylic acids is 3. The van der Waals surface area contributed by atoms with Crippen molar-refractivity contribution in [3.8, 4) is 0 Å². The van der Waals surface area contributed by atoms with Gasteiger partial charge in [-0.1, -0.05) is 32.0 Å². The summed E-state index contributed by atoms with van der Waals surface area (Å²) >= 11 is 0. The van der Waals surface area contributed by atoms with Crippen LogP contribution >= 0.6 is 0 Å². The lowest BCUT2D eigenvalue weighted by molar-refractivity contribution is -0.136. The van der Waals surface area contributed by atoms with Crippen LogP contribution in [0.3, 0.4) is 0 Å². The summed E-state index contributed by atoms with van der Waals surface area (Å²) in [4.78, 5) is 43.8. The molecular formula is C26H32N4O3. The second-order valence-corrected chi connectivity index (χ2v) is 9.25. The van der Waals surface area contributed by atoms with Gasteiger partial charge in [0, 0.05) is 62.1 Å². The zero-order chi connectivity index (χ0) is 23.5. The summed E-state index contributed by atoms with van der Waals surface area (Å²) in [6, 6.07) is 15.7. The number of amides is 3. The van der Waals surface area contributed by atoms with Crippen LogP contribution < -0.4 is 15.1 Å². The highest BCUT2D eigenvalue weighted by atomic mass is 16.2. The zero-order valence-electron chi connectivity index (χ0n) is 19.6. The highest BCUT2D eigenvalue weighted by Gasteiger charge is 2.38. The first-order chi connectivity index (χ1) is 15.8. The third-order valence-corrected chi connectivity index (χ3v) is 6.38. The molecule has 2 fully saturated rings. The van der Waals surface area contributed by atoms with E-state index in [0.717, 1.165) is 13.1 Å². The van der Waals surface area contributed by atoms with Crippen molar-refractivity contribution in [1.82, 2.24) is 4.90 Å². The molecule has 0 unspecified atom stereocenters. The first kappa shape index (κ1) is 22.8. The maximum atomic E-state index is 13.2. The number of rotatable bonds is 5. The van der Waals surface area contributed by atoms with Gasteiger partial charge in [-0.2, -0.15) is 0 Å². The van der Waals surface area contributed by atoms with Crippen molar-refractivity contribution in [2.24, 2.45) is 11.8 Å². The minimum atomic E-state index is -0.336. The van der Waals surface area contributed by atoms with E-state index in [2.05, 4.69) is 41.4 Å². The SMILES string of the molecule is Cc1cccc(N2CCN(C(=O)[C@@H]3CC(=O)N(c4cccc(NC(=O)C(C)C)c4)C3)CC2)c1. The minimum absolute atomic E-state index is 0.0546. The smallest absolute Gasteiger partial charge is 0.228 e. The lowest BCUT2D eigenvalue weighted by Crippen LogP contribution is -2.50. The topological polar surface area (TPSA) is 73.0 Å². The third kappa shape index (κ3) is 5.18. The van der Waals surface area contributed by atoms with E-state index in [-0.39, 0.29) is 36.0 Å². The van der Waals surface area contributed by atoms with Gasteiger partial charge in [-0.15, -0.1) is 0 Å². The van der Waals surface area contributed by atoms with E-state index in [0.29, 0.717) is 31.0 Å². The minimum Gasteiger partial charge on any atom is -0.368 e.